The fourth-order valence-electron chi connectivity index (χ4n) is 2.10. The van der Waals surface area contributed by atoms with Gasteiger partial charge in [-0.3, -0.25) is 0 Å². The van der Waals surface area contributed by atoms with Crippen LogP contribution in [-0.2, 0) is 4.74 Å². The number of likely N-dealkylation sites (tertiary alicyclic amines) is 1. The third kappa shape index (κ3) is 3.23. The molecule has 0 aliphatic carbocycles. The Hall–Kier alpha value is -0.120. The summed E-state index contributed by atoms with van der Waals surface area (Å²) in [6.45, 7) is 7.25. The fourth-order valence-corrected chi connectivity index (χ4v) is 2.10. The van der Waals surface area contributed by atoms with Crippen molar-refractivity contribution >= 4 is 0 Å². The Labute approximate surface area is 87.1 Å². The minimum atomic E-state index is -0.0888. The molecular formula is C11H23NO2. The summed E-state index contributed by atoms with van der Waals surface area (Å²) in [5.74, 6) is 0.452. The number of aliphatic hydroxyl groups excluding tert-OH is 1. The maximum absolute atomic E-state index is 9.72. The number of ether oxygens (including phenoxy) is 1. The molecule has 0 amide bonds. The van der Waals surface area contributed by atoms with Crippen LogP contribution >= 0.6 is 0 Å². The van der Waals surface area contributed by atoms with Crippen molar-refractivity contribution in [3.8, 4) is 0 Å². The first kappa shape index (κ1) is 12.0. The lowest BCUT2D eigenvalue weighted by atomic mass is 9.92. The summed E-state index contributed by atoms with van der Waals surface area (Å²) in [4.78, 5) is 2.40. The predicted octanol–water partition coefficient (Wildman–Crippen LogP) is 1.11. The van der Waals surface area contributed by atoms with E-state index in [9.17, 15) is 5.11 Å². The number of aliphatic hydroxyl groups is 1. The van der Waals surface area contributed by atoms with Crippen molar-refractivity contribution in [2.75, 3.05) is 26.7 Å². The normalized spacial score (nSPS) is 31.7. The van der Waals surface area contributed by atoms with Gasteiger partial charge >= 0.3 is 0 Å². The molecule has 1 heterocycles. The molecule has 84 valence electrons. The van der Waals surface area contributed by atoms with Crippen molar-refractivity contribution in [1.82, 2.24) is 4.90 Å². The van der Waals surface area contributed by atoms with Crippen molar-refractivity contribution in [1.29, 1.82) is 0 Å². The number of piperidine rings is 1. The van der Waals surface area contributed by atoms with Crippen molar-refractivity contribution in [3.05, 3.63) is 0 Å². The Morgan fingerprint density at radius 1 is 1.57 bits per heavy atom. The molecule has 1 aliphatic rings. The molecule has 0 aromatic carbocycles. The lowest BCUT2D eigenvalue weighted by molar-refractivity contribution is 0.00166. The lowest BCUT2D eigenvalue weighted by Crippen LogP contribution is -2.45. The zero-order valence-corrected chi connectivity index (χ0v) is 9.57. The molecule has 1 N–H and O–H groups in total. The van der Waals surface area contributed by atoms with E-state index in [1.165, 1.54) is 0 Å². The van der Waals surface area contributed by atoms with Gasteiger partial charge in [0.1, 0.15) is 0 Å². The van der Waals surface area contributed by atoms with E-state index in [0.29, 0.717) is 12.0 Å². The van der Waals surface area contributed by atoms with Gasteiger partial charge in [0.15, 0.2) is 0 Å². The lowest BCUT2D eigenvalue weighted by Gasteiger charge is -2.36. The summed E-state index contributed by atoms with van der Waals surface area (Å²) >= 11 is 0. The van der Waals surface area contributed by atoms with Crippen molar-refractivity contribution in [2.24, 2.45) is 5.92 Å². The van der Waals surface area contributed by atoms with Crippen LogP contribution in [0.1, 0.15) is 26.7 Å². The van der Waals surface area contributed by atoms with Crippen LogP contribution < -0.4 is 0 Å². The molecule has 3 atom stereocenters. The molecule has 0 saturated carbocycles. The zero-order valence-electron chi connectivity index (χ0n) is 9.57. The van der Waals surface area contributed by atoms with Crippen LogP contribution in [0.15, 0.2) is 0 Å². The SMILES string of the molecule is CCC1CN(CC(C)OC)CCC1O. The van der Waals surface area contributed by atoms with E-state index in [0.717, 1.165) is 32.5 Å². The van der Waals surface area contributed by atoms with Gasteiger partial charge in [0.2, 0.25) is 0 Å². The van der Waals surface area contributed by atoms with E-state index in [4.69, 9.17) is 4.74 Å². The minimum absolute atomic E-state index is 0.0888. The van der Waals surface area contributed by atoms with Crippen LogP contribution in [0.4, 0.5) is 0 Å². The Morgan fingerprint density at radius 2 is 2.29 bits per heavy atom. The van der Waals surface area contributed by atoms with Crippen LogP contribution in [-0.4, -0.2) is 49.0 Å². The summed E-state index contributed by atoms with van der Waals surface area (Å²) in [7, 11) is 1.75. The summed E-state index contributed by atoms with van der Waals surface area (Å²) in [5, 5.41) is 9.72. The quantitative estimate of drug-likeness (QED) is 0.739. The highest BCUT2D eigenvalue weighted by molar-refractivity contribution is 4.79. The van der Waals surface area contributed by atoms with E-state index >= 15 is 0 Å². The molecule has 1 fully saturated rings. The molecular weight excluding hydrogens is 178 g/mol. The Bertz CT molecular complexity index is 163. The summed E-state index contributed by atoms with van der Waals surface area (Å²) in [6, 6.07) is 0. The average molecular weight is 201 g/mol. The van der Waals surface area contributed by atoms with Gasteiger partial charge in [-0.15, -0.1) is 0 Å². The van der Waals surface area contributed by atoms with E-state index < -0.39 is 0 Å². The third-order valence-electron chi connectivity index (χ3n) is 3.22. The smallest absolute Gasteiger partial charge is 0.0670 e. The molecule has 0 bridgehead atoms. The highest BCUT2D eigenvalue weighted by Gasteiger charge is 2.26. The molecule has 1 rings (SSSR count). The molecule has 0 radical (unpaired) electrons. The van der Waals surface area contributed by atoms with Crippen molar-refractivity contribution < 1.29 is 9.84 Å². The Morgan fingerprint density at radius 3 is 2.86 bits per heavy atom. The fraction of sp³-hybridized carbons (Fsp3) is 1.00. The number of methoxy groups -OCH3 is 1. The van der Waals surface area contributed by atoms with E-state index in [1.807, 2.05) is 0 Å². The Kier molecular flexibility index (Phi) is 4.85. The monoisotopic (exact) mass is 201 g/mol. The standard InChI is InChI=1S/C11H23NO2/c1-4-10-8-12(6-5-11(10)13)7-9(2)14-3/h9-11,13H,4-8H2,1-3H3. The van der Waals surface area contributed by atoms with Crippen LogP contribution in [0.5, 0.6) is 0 Å². The molecule has 3 heteroatoms. The molecule has 0 aromatic rings. The van der Waals surface area contributed by atoms with Gasteiger partial charge in [-0.05, 0) is 25.7 Å². The summed E-state index contributed by atoms with van der Waals surface area (Å²) < 4.78 is 5.24. The zero-order chi connectivity index (χ0) is 10.6. The first-order valence-electron chi connectivity index (χ1n) is 5.60. The molecule has 3 unspecified atom stereocenters. The van der Waals surface area contributed by atoms with Crippen LogP contribution in [0, 0.1) is 5.92 Å². The van der Waals surface area contributed by atoms with Crippen LogP contribution in [0.2, 0.25) is 0 Å². The van der Waals surface area contributed by atoms with E-state index in [2.05, 4.69) is 18.7 Å². The molecule has 0 spiro atoms. The van der Waals surface area contributed by atoms with Crippen molar-refractivity contribution in [2.45, 2.75) is 38.9 Å². The van der Waals surface area contributed by atoms with E-state index in [1.54, 1.807) is 7.11 Å². The van der Waals surface area contributed by atoms with Gasteiger partial charge < -0.3 is 14.7 Å². The van der Waals surface area contributed by atoms with Gasteiger partial charge in [-0.1, -0.05) is 6.92 Å². The second-order valence-electron chi connectivity index (χ2n) is 4.33. The molecule has 0 aromatic heterocycles. The second-order valence-corrected chi connectivity index (χ2v) is 4.33. The molecule has 1 saturated heterocycles. The van der Waals surface area contributed by atoms with Gasteiger partial charge in [0.25, 0.3) is 0 Å². The van der Waals surface area contributed by atoms with Gasteiger partial charge in [0.05, 0.1) is 12.2 Å². The Balaban J connectivity index is 2.34. The number of nitrogens with zero attached hydrogens (tertiary/aromatic N) is 1. The first-order chi connectivity index (χ1) is 6.67. The number of hydrogen-bond acceptors (Lipinski definition) is 3. The molecule has 14 heavy (non-hydrogen) atoms. The largest absolute Gasteiger partial charge is 0.393 e. The van der Waals surface area contributed by atoms with Crippen molar-refractivity contribution in [3.63, 3.8) is 0 Å². The topological polar surface area (TPSA) is 32.7 Å². The van der Waals surface area contributed by atoms with Gasteiger partial charge in [-0.2, -0.15) is 0 Å². The maximum Gasteiger partial charge on any atom is 0.0670 e. The summed E-state index contributed by atoms with van der Waals surface area (Å²) in [6.07, 6.45) is 2.19. The first-order valence-corrected chi connectivity index (χ1v) is 5.60. The highest BCUT2D eigenvalue weighted by Crippen LogP contribution is 2.20. The number of rotatable bonds is 4. The van der Waals surface area contributed by atoms with E-state index in [-0.39, 0.29) is 6.10 Å². The predicted molar refractivity (Wildman–Crippen MR) is 57.3 cm³/mol. The average Bonchev–Trinajstić information content (AvgIpc) is 2.20. The molecule has 1 aliphatic heterocycles. The minimum Gasteiger partial charge on any atom is -0.393 e. The number of hydrogen-bond donors (Lipinski definition) is 1. The third-order valence-corrected chi connectivity index (χ3v) is 3.22. The summed E-state index contributed by atoms with van der Waals surface area (Å²) in [5.41, 5.74) is 0. The van der Waals surface area contributed by atoms with Crippen LogP contribution in [0.25, 0.3) is 0 Å². The maximum atomic E-state index is 9.72. The second kappa shape index (κ2) is 5.69. The highest BCUT2D eigenvalue weighted by atomic mass is 16.5. The van der Waals surface area contributed by atoms with Gasteiger partial charge in [-0.25, -0.2) is 0 Å². The van der Waals surface area contributed by atoms with Gasteiger partial charge in [0, 0.05) is 26.7 Å². The van der Waals surface area contributed by atoms with Crippen LogP contribution in [0.3, 0.4) is 0 Å². The molecule has 3 nitrogen and oxygen atoms in total.